The van der Waals surface area contributed by atoms with Crippen molar-refractivity contribution < 1.29 is 23.9 Å². The van der Waals surface area contributed by atoms with Crippen molar-refractivity contribution in [2.75, 3.05) is 33.9 Å². The highest BCUT2D eigenvalue weighted by molar-refractivity contribution is 5.97. The molecule has 0 saturated carbocycles. The Bertz CT molecular complexity index is 1250. The highest BCUT2D eigenvalue weighted by Gasteiger charge is 2.48. The molecule has 1 fully saturated rings. The van der Waals surface area contributed by atoms with E-state index in [2.05, 4.69) is 4.98 Å². The molecule has 2 aromatic carbocycles. The molecule has 1 N–H and O–H groups in total. The molecule has 3 aromatic rings. The zero-order valence-electron chi connectivity index (χ0n) is 19.2. The van der Waals surface area contributed by atoms with Crippen LogP contribution in [0.1, 0.15) is 39.6 Å². The predicted molar refractivity (Wildman–Crippen MR) is 125 cm³/mol. The molecule has 0 spiro atoms. The fourth-order valence-electron chi connectivity index (χ4n) is 5.18. The highest BCUT2D eigenvalue weighted by Crippen LogP contribution is 2.42. The molecule has 1 saturated heterocycles. The molecule has 176 valence electrons. The summed E-state index contributed by atoms with van der Waals surface area (Å²) < 4.78 is 9.94. The van der Waals surface area contributed by atoms with Crippen molar-refractivity contribution >= 4 is 28.7 Å². The molecule has 2 amide bonds. The standard InChI is InChI=1S/C26H27N3O5/c1-33-13-5-12-28-15-22(30)29-21(25(28)31)14-19-18-6-3-4-7-20(18)27-23(19)24(29)16-8-10-17(11-9-16)26(32)34-2/h3-4,6-11,21,24,27H,5,12-15H2,1-2H3. The number of fused-ring (bicyclic) bond motifs is 4. The summed E-state index contributed by atoms with van der Waals surface area (Å²) in [7, 11) is 2.97. The molecule has 2 unspecified atom stereocenters. The number of para-hydroxylation sites is 1. The number of carbonyl (C=O) groups is 3. The van der Waals surface area contributed by atoms with Crippen LogP contribution < -0.4 is 0 Å². The third-order valence-corrected chi connectivity index (χ3v) is 6.77. The number of amides is 2. The Morgan fingerprint density at radius 2 is 1.85 bits per heavy atom. The van der Waals surface area contributed by atoms with E-state index in [0.29, 0.717) is 31.6 Å². The van der Waals surface area contributed by atoms with Gasteiger partial charge in [0.1, 0.15) is 6.04 Å². The molecule has 34 heavy (non-hydrogen) atoms. The molecule has 1 aromatic heterocycles. The number of hydrogen-bond acceptors (Lipinski definition) is 5. The lowest BCUT2D eigenvalue weighted by atomic mass is 9.86. The van der Waals surface area contributed by atoms with Gasteiger partial charge >= 0.3 is 5.97 Å². The van der Waals surface area contributed by atoms with Gasteiger partial charge < -0.3 is 24.3 Å². The first kappa shape index (κ1) is 22.2. The van der Waals surface area contributed by atoms with Crippen molar-refractivity contribution in [3.05, 3.63) is 70.9 Å². The SMILES string of the molecule is COCCCN1CC(=O)N2C(Cc3c([nH]c4ccccc34)C2c2ccc(C(=O)OC)cc2)C1=O. The van der Waals surface area contributed by atoms with E-state index in [1.807, 2.05) is 36.4 Å². The average Bonchev–Trinajstić information content (AvgIpc) is 3.24. The Morgan fingerprint density at radius 1 is 1.09 bits per heavy atom. The van der Waals surface area contributed by atoms with E-state index in [4.69, 9.17) is 9.47 Å². The van der Waals surface area contributed by atoms with E-state index in [-0.39, 0.29) is 18.4 Å². The summed E-state index contributed by atoms with van der Waals surface area (Å²) in [6.07, 6.45) is 1.14. The minimum absolute atomic E-state index is 0.0391. The Labute approximate surface area is 197 Å². The molecule has 5 rings (SSSR count). The van der Waals surface area contributed by atoms with Gasteiger partial charge in [0.25, 0.3) is 0 Å². The van der Waals surface area contributed by atoms with Gasteiger partial charge in [-0.2, -0.15) is 0 Å². The number of nitrogens with zero attached hydrogens (tertiary/aromatic N) is 2. The maximum absolute atomic E-state index is 13.5. The predicted octanol–water partition coefficient (Wildman–Crippen LogP) is 2.68. The van der Waals surface area contributed by atoms with Crippen molar-refractivity contribution in [2.24, 2.45) is 0 Å². The van der Waals surface area contributed by atoms with Gasteiger partial charge in [-0.25, -0.2) is 4.79 Å². The molecule has 2 aliphatic heterocycles. The lowest BCUT2D eigenvalue weighted by molar-refractivity contribution is -0.158. The number of aromatic amines is 1. The molecule has 8 nitrogen and oxygen atoms in total. The number of methoxy groups -OCH3 is 2. The number of ether oxygens (including phenoxy) is 2. The van der Waals surface area contributed by atoms with Crippen molar-refractivity contribution in [2.45, 2.75) is 24.9 Å². The Balaban J connectivity index is 1.59. The van der Waals surface area contributed by atoms with Crippen LogP contribution in [0.3, 0.4) is 0 Å². The molecule has 0 aliphatic carbocycles. The first-order valence-corrected chi connectivity index (χ1v) is 11.4. The zero-order valence-corrected chi connectivity index (χ0v) is 19.2. The van der Waals surface area contributed by atoms with Crippen LogP contribution in [-0.2, 0) is 25.5 Å². The molecule has 2 aliphatic rings. The maximum Gasteiger partial charge on any atom is 0.337 e. The second kappa shape index (κ2) is 8.95. The number of carbonyl (C=O) groups excluding carboxylic acids is 3. The third-order valence-electron chi connectivity index (χ3n) is 6.77. The monoisotopic (exact) mass is 461 g/mol. The van der Waals surface area contributed by atoms with Crippen molar-refractivity contribution in [3.63, 3.8) is 0 Å². The Hall–Kier alpha value is -3.65. The van der Waals surface area contributed by atoms with Crippen LogP contribution in [0.2, 0.25) is 0 Å². The van der Waals surface area contributed by atoms with Crippen LogP contribution in [0.15, 0.2) is 48.5 Å². The maximum atomic E-state index is 13.5. The van der Waals surface area contributed by atoms with E-state index in [0.717, 1.165) is 27.7 Å². The first-order valence-electron chi connectivity index (χ1n) is 11.4. The summed E-state index contributed by atoms with van der Waals surface area (Å²) in [5.74, 6) is -0.550. The molecular weight excluding hydrogens is 434 g/mol. The molecule has 8 heteroatoms. The van der Waals surface area contributed by atoms with E-state index in [1.54, 1.807) is 29.0 Å². The average molecular weight is 462 g/mol. The van der Waals surface area contributed by atoms with Gasteiger partial charge in [-0.3, -0.25) is 9.59 Å². The minimum atomic E-state index is -0.583. The third kappa shape index (κ3) is 3.64. The van der Waals surface area contributed by atoms with Crippen molar-refractivity contribution in [1.29, 1.82) is 0 Å². The molecule has 0 bridgehead atoms. The number of rotatable bonds is 6. The van der Waals surface area contributed by atoms with Gasteiger partial charge in [0.05, 0.1) is 25.3 Å². The van der Waals surface area contributed by atoms with E-state index in [1.165, 1.54) is 7.11 Å². The summed E-state index contributed by atoms with van der Waals surface area (Å²) in [4.78, 5) is 45.8. The summed E-state index contributed by atoms with van der Waals surface area (Å²) >= 11 is 0. The van der Waals surface area contributed by atoms with E-state index >= 15 is 0 Å². The smallest absolute Gasteiger partial charge is 0.337 e. The van der Waals surface area contributed by atoms with Gasteiger partial charge in [-0.1, -0.05) is 30.3 Å². The van der Waals surface area contributed by atoms with Crippen LogP contribution in [0, 0.1) is 0 Å². The van der Waals surface area contributed by atoms with Gasteiger partial charge in [-0.05, 0) is 35.7 Å². The topological polar surface area (TPSA) is 91.9 Å². The van der Waals surface area contributed by atoms with Gasteiger partial charge in [0, 0.05) is 43.3 Å². The number of aromatic nitrogens is 1. The van der Waals surface area contributed by atoms with Crippen molar-refractivity contribution in [3.8, 4) is 0 Å². The zero-order chi connectivity index (χ0) is 23.8. The van der Waals surface area contributed by atoms with E-state index < -0.39 is 18.1 Å². The Kier molecular flexibility index (Phi) is 5.83. The lowest BCUT2D eigenvalue weighted by Crippen LogP contribution is -2.63. The number of nitrogens with one attached hydrogen (secondary N) is 1. The summed E-state index contributed by atoms with van der Waals surface area (Å²) in [5, 5.41) is 1.06. The summed E-state index contributed by atoms with van der Waals surface area (Å²) in [6.45, 7) is 1.07. The molecular formula is C26H27N3O5. The normalized spacial score (nSPS) is 19.8. The first-order chi connectivity index (χ1) is 16.5. The fourth-order valence-corrected chi connectivity index (χ4v) is 5.18. The van der Waals surface area contributed by atoms with Crippen LogP contribution in [0.25, 0.3) is 10.9 Å². The minimum Gasteiger partial charge on any atom is -0.465 e. The van der Waals surface area contributed by atoms with Crippen LogP contribution in [-0.4, -0.2) is 72.5 Å². The number of piperazine rings is 1. The molecule has 2 atom stereocenters. The molecule has 3 heterocycles. The van der Waals surface area contributed by atoms with Crippen molar-refractivity contribution in [1.82, 2.24) is 14.8 Å². The summed E-state index contributed by atoms with van der Waals surface area (Å²) in [6, 6.07) is 14.0. The second-order valence-electron chi connectivity index (χ2n) is 8.71. The second-order valence-corrected chi connectivity index (χ2v) is 8.71. The lowest BCUT2D eigenvalue weighted by Gasteiger charge is -2.47. The number of esters is 1. The largest absolute Gasteiger partial charge is 0.465 e. The number of benzene rings is 2. The summed E-state index contributed by atoms with van der Waals surface area (Å²) in [5.41, 5.74) is 4.21. The number of H-pyrrole nitrogens is 1. The highest BCUT2D eigenvalue weighted by atomic mass is 16.5. The van der Waals surface area contributed by atoms with Crippen LogP contribution >= 0.6 is 0 Å². The molecule has 0 radical (unpaired) electrons. The van der Waals surface area contributed by atoms with Gasteiger partial charge in [0.2, 0.25) is 11.8 Å². The van der Waals surface area contributed by atoms with Crippen LogP contribution in [0.5, 0.6) is 0 Å². The van der Waals surface area contributed by atoms with E-state index in [9.17, 15) is 14.4 Å². The van der Waals surface area contributed by atoms with Crippen LogP contribution in [0.4, 0.5) is 0 Å². The quantitative estimate of drug-likeness (QED) is 0.450. The van der Waals surface area contributed by atoms with Gasteiger partial charge in [-0.15, -0.1) is 0 Å². The Morgan fingerprint density at radius 3 is 2.59 bits per heavy atom. The number of hydrogen-bond donors (Lipinski definition) is 1. The van der Waals surface area contributed by atoms with Gasteiger partial charge in [0.15, 0.2) is 0 Å². The fraction of sp³-hybridized carbons (Fsp3) is 0.346.